The molecule has 1 N–H and O–H groups in total. The Morgan fingerprint density at radius 3 is 2.84 bits per heavy atom. The number of amides is 1. The van der Waals surface area contributed by atoms with Gasteiger partial charge in [-0.2, -0.15) is 0 Å². The molecular weight excluding hydrogens is 310 g/mol. The van der Waals surface area contributed by atoms with Gasteiger partial charge in [0.2, 0.25) is 5.91 Å². The summed E-state index contributed by atoms with van der Waals surface area (Å²) in [6.45, 7) is 1.87. The van der Waals surface area contributed by atoms with E-state index in [4.69, 9.17) is 0 Å². The highest BCUT2D eigenvalue weighted by Crippen LogP contribution is 2.06. The van der Waals surface area contributed by atoms with Crippen LogP contribution in [0.2, 0.25) is 0 Å². The second kappa shape index (κ2) is 5.79. The van der Waals surface area contributed by atoms with Crippen LogP contribution in [0.15, 0.2) is 45.9 Å². The van der Waals surface area contributed by atoms with Crippen LogP contribution in [0.1, 0.15) is 5.56 Å². The van der Waals surface area contributed by atoms with Crippen molar-refractivity contribution in [1.29, 1.82) is 0 Å². The molecular formula is C13H12BrN3O2. The molecule has 0 fully saturated rings. The summed E-state index contributed by atoms with van der Waals surface area (Å²) in [7, 11) is 0. The first kappa shape index (κ1) is 13.5. The van der Waals surface area contributed by atoms with Gasteiger partial charge in [0.15, 0.2) is 0 Å². The van der Waals surface area contributed by atoms with Crippen LogP contribution >= 0.6 is 15.9 Å². The zero-order valence-electron chi connectivity index (χ0n) is 10.3. The summed E-state index contributed by atoms with van der Waals surface area (Å²) in [6, 6.07) is 6.62. The molecule has 0 aliphatic heterocycles. The molecule has 0 saturated heterocycles. The topological polar surface area (TPSA) is 64.0 Å². The van der Waals surface area contributed by atoms with Crippen molar-refractivity contribution in [2.75, 3.05) is 5.32 Å². The van der Waals surface area contributed by atoms with E-state index in [1.807, 2.05) is 13.0 Å². The van der Waals surface area contributed by atoms with Gasteiger partial charge in [0.25, 0.3) is 5.56 Å². The van der Waals surface area contributed by atoms with Gasteiger partial charge in [0, 0.05) is 22.9 Å². The van der Waals surface area contributed by atoms with E-state index in [-0.39, 0.29) is 18.0 Å². The molecule has 0 aliphatic rings. The fourth-order valence-corrected chi connectivity index (χ4v) is 1.88. The molecule has 2 rings (SSSR count). The van der Waals surface area contributed by atoms with Crippen LogP contribution in [0.25, 0.3) is 0 Å². The SMILES string of the molecule is Cc1ccc(NC(=O)Cn2cc(Br)ccc2=O)nc1. The van der Waals surface area contributed by atoms with Crippen molar-refractivity contribution in [3.8, 4) is 0 Å². The maximum absolute atomic E-state index is 11.8. The highest BCUT2D eigenvalue weighted by molar-refractivity contribution is 9.10. The summed E-state index contributed by atoms with van der Waals surface area (Å²) < 4.78 is 2.07. The number of aryl methyl sites for hydroxylation is 1. The number of halogens is 1. The van der Waals surface area contributed by atoms with Crippen LogP contribution < -0.4 is 10.9 Å². The van der Waals surface area contributed by atoms with Crippen LogP contribution in [0.5, 0.6) is 0 Å². The van der Waals surface area contributed by atoms with E-state index in [1.165, 1.54) is 10.6 Å². The van der Waals surface area contributed by atoms with Crippen molar-refractivity contribution < 1.29 is 4.79 Å². The molecule has 2 aromatic heterocycles. The molecule has 0 atom stereocenters. The van der Waals surface area contributed by atoms with Crippen LogP contribution in [0.3, 0.4) is 0 Å². The molecule has 0 bridgehead atoms. The first-order chi connectivity index (χ1) is 9.04. The highest BCUT2D eigenvalue weighted by atomic mass is 79.9. The summed E-state index contributed by atoms with van der Waals surface area (Å²) in [4.78, 5) is 27.4. The van der Waals surface area contributed by atoms with Gasteiger partial charge >= 0.3 is 0 Å². The lowest BCUT2D eigenvalue weighted by Gasteiger charge is -2.07. The number of rotatable bonds is 3. The second-order valence-corrected chi connectivity index (χ2v) is 5.00. The van der Waals surface area contributed by atoms with Crippen molar-refractivity contribution in [1.82, 2.24) is 9.55 Å². The number of anilines is 1. The Labute approximate surface area is 118 Å². The number of nitrogens with zero attached hydrogens (tertiary/aromatic N) is 2. The van der Waals surface area contributed by atoms with Gasteiger partial charge in [-0.05, 0) is 40.5 Å². The van der Waals surface area contributed by atoms with Crippen molar-refractivity contribution in [2.45, 2.75) is 13.5 Å². The summed E-state index contributed by atoms with van der Waals surface area (Å²) >= 11 is 3.26. The number of aromatic nitrogens is 2. The summed E-state index contributed by atoms with van der Waals surface area (Å²) in [5.74, 6) is 0.176. The van der Waals surface area contributed by atoms with Gasteiger partial charge in [0.05, 0.1) is 0 Å². The molecule has 0 spiro atoms. The Balaban J connectivity index is 2.07. The average molecular weight is 322 g/mol. The van der Waals surface area contributed by atoms with Gasteiger partial charge in [-0.1, -0.05) is 6.07 Å². The molecule has 0 radical (unpaired) electrons. The molecule has 19 heavy (non-hydrogen) atoms. The molecule has 0 aliphatic carbocycles. The van der Waals surface area contributed by atoms with Crippen molar-refractivity contribution >= 4 is 27.7 Å². The van der Waals surface area contributed by atoms with Gasteiger partial charge < -0.3 is 9.88 Å². The molecule has 6 heteroatoms. The molecule has 2 aromatic rings. The minimum Gasteiger partial charge on any atom is -0.309 e. The molecule has 0 aromatic carbocycles. The Hall–Kier alpha value is -1.95. The first-order valence-corrected chi connectivity index (χ1v) is 6.42. The third-order valence-corrected chi connectivity index (χ3v) is 2.91. The molecule has 0 unspecified atom stereocenters. The third kappa shape index (κ3) is 3.75. The Morgan fingerprint density at radius 1 is 1.37 bits per heavy atom. The van der Waals surface area contributed by atoms with E-state index >= 15 is 0 Å². The smallest absolute Gasteiger partial charge is 0.251 e. The summed E-state index contributed by atoms with van der Waals surface area (Å²) in [6.07, 6.45) is 3.24. The minimum atomic E-state index is -0.295. The van der Waals surface area contributed by atoms with E-state index in [1.54, 1.807) is 24.5 Å². The standard InChI is InChI=1S/C13H12BrN3O2/c1-9-2-4-11(15-6-9)16-12(18)8-17-7-10(14)3-5-13(17)19/h2-7H,8H2,1H3,(H,15,16,18). The predicted octanol–water partition coefficient (Wildman–Crippen LogP) is 1.95. The fourth-order valence-electron chi connectivity index (χ4n) is 1.50. The normalized spacial score (nSPS) is 10.2. The van der Waals surface area contributed by atoms with E-state index < -0.39 is 0 Å². The molecule has 2 heterocycles. The van der Waals surface area contributed by atoms with Crippen LogP contribution in [0.4, 0.5) is 5.82 Å². The van der Waals surface area contributed by atoms with E-state index in [0.29, 0.717) is 5.82 Å². The van der Waals surface area contributed by atoms with Gasteiger partial charge in [-0.25, -0.2) is 4.98 Å². The van der Waals surface area contributed by atoms with Crippen molar-refractivity contribution in [3.05, 3.63) is 57.0 Å². The molecule has 1 amide bonds. The van der Waals surface area contributed by atoms with Gasteiger partial charge in [-0.15, -0.1) is 0 Å². The predicted molar refractivity (Wildman–Crippen MR) is 76.0 cm³/mol. The maximum atomic E-state index is 11.8. The fraction of sp³-hybridized carbons (Fsp3) is 0.154. The number of carbonyl (C=O) groups is 1. The number of carbonyl (C=O) groups excluding carboxylic acids is 1. The number of hydrogen-bond acceptors (Lipinski definition) is 3. The maximum Gasteiger partial charge on any atom is 0.251 e. The zero-order chi connectivity index (χ0) is 13.8. The largest absolute Gasteiger partial charge is 0.309 e. The van der Waals surface area contributed by atoms with E-state index in [9.17, 15) is 9.59 Å². The third-order valence-electron chi connectivity index (χ3n) is 2.44. The molecule has 98 valence electrons. The molecule has 5 nitrogen and oxygen atoms in total. The monoisotopic (exact) mass is 321 g/mol. The summed E-state index contributed by atoms with van der Waals surface area (Å²) in [5.41, 5.74) is 0.788. The minimum absolute atomic E-state index is 0.0478. The molecule has 0 saturated carbocycles. The van der Waals surface area contributed by atoms with Gasteiger partial charge in [0.1, 0.15) is 12.4 Å². The second-order valence-electron chi connectivity index (χ2n) is 4.08. The number of hydrogen-bond donors (Lipinski definition) is 1. The zero-order valence-corrected chi connectivity index (χ0v) is 11.8. The Bertz CT molecular complexity index is 650. The number of nitrogens with one attached hydrogen (secondary N) is 1. The van der Waals surface area contributed by atoms with E-state index in [0.717, 1.165) is 10.0 Å². The van der Waals surface area contributed by atoms with Crippen LogP contribution in [-0.2, 0) is 11.3 Å². The number of pyridine rings is 2. The lowest BCUT2D eigenvalue weighted by atomic mass is 10.3. The lowest BCUT2D eigenvalue weighted by Crippen LogP contribution is -2.26. The van der Waals surface area contributed by atoms with Crippen LogP contribution in [0, 0.1) is 6.92 Å². The van der Waals surface area contributed by atoms with Crippen LogP contribution in [-0.4, -0.2) is 15.5 Å². The Kier molecular flexibility index (Phi) is 4.11. The lowest BCUT2D eigenvalue weighted by molar-refractivity contribution is -0.116. The quantitative estimate of drug-likeness (QED) is 0.939. The van der Waals surface area contributed by atoms with Crippen molar-refractivity contribution in [2.24, 2.45) is 0 Å². The summed E-state index contributed by atoms with van der Waals surface area (Å²) in [5, 5.41) is 2.64. The Morgan fingerprint density at radius 2 is 2.16 bits per heavy atom. The van der Waals surface area contributed by atoms with Gasteiger partial charge in [-0.3, -0.25) is 9.59 Å². The van der Waals surface area contributed by atoms with Crippen molar-refractivity contribution in [3.63, 3.8) is 0 Å². The van der Waals surface area contributed by atoms with E-state index in [2.05, 4.69) is 26.2 Å². The first-order valence-electron chi connectivity index (χ1n) is 5.63. The highest BCUT2D eigenvalue weighted by Gasteiger charge is 2.06. The average Bonchev–Trinajstić information content (AvgIpc) is 2.37.